The van der Waals surface area contributed by atoms with E-state index in [-0.39, 0.29) is 5.01 Å². The van der Waals surface area contributed by atoms with E-state index in [1.54, 1.807) is 30.3 Å². The zero-order valence-electron chi connectivity index (χ0n) is 9.43. The number of halogens is 4. The van der Waals surface area contributed by atoms with Crippen LogP contribution in [0.1, 0.15) is 21.6 Å². The Balaban J connectivity index is 2.27. The topological polar surface area (TPSA) is 51.8 Å². The first-order valence-corrected chi connectivity index (χ1v) is 6.05. The molecule has 0 saturated carbocycles. The van der Waals surface area contributed by atoms with Gasteiger partial charge in [0.1, 0.15) is 5.01 Å². The van der Waals surface area contributed by atoms with E-state index in [4.69, 9.17) is 5.73 Å². The Morgan fingerprint density at radius 1 is 1.11 bits per heavy atom. The number of nitrogens with two attached hydrogens (primary N) is 1. The second kappa shape index (κ2) is 5.22. The van der Waals surface area contributed by atoms with Gasteiger partial charge in [0.2, 0.25) is 0 Å². The third-order valence-electron chi connectivity index (χ3n) is 2.42. The molecule has 1 unspecified atom stereocenters. The molecule has 0 aliphatic heterocycles. The molecule has 1 aromatic heterocycles. The lowest BCUT2D eigenvalue weighted by atomic mass is 10.1. The molecule has 3 nitrogen and oxygen atoms in total. The SMILES string of the molecule is NC(c1ccccc1)c1nnc(C(F)(F)C(F)F)s1. The van der Waals surface area contributed by atoms with Gasteiger partial charge in [0.25, 0.3) is 0 Å². The predicted octanol–water partition coefficient (Wildman–Crippen LogP) is 2.94. The Morgan fingerprint density at radius 2 is 1.74 bits per heavy atom. The fraction of sp³-hybridized carbons (Fsp3) is 0.273. The summed E-state index contributed by atoms with van der Waals surface area (Å²) in [6, 6.07) is 7.84. The minimum atomic E-state index is -4.30. The number of hydrogen-bond donors (Lipinski definition) is 1. The maximum Gasteiger partial charge on any atom is 0.359 e. The predicted molar refractivity (Wildman–Crippen MR) is 62.3 cm³/mol. The molecule has 1 atom stereocenters. The van der Waals surface area contributed by atoms with E-state index in [2.05, 4.69) is 10.2 Å². The van der Waals surface area contributed by atoms with Crippen LogP contribution in [0.25, 0.3) is 0 Å². The molecule has 0 aliphatic carbocycles. The Kier molecular flexibility index (Phi) is 3.81. The highest BCUT2D eigenvalue weighted by molar-refractivity contribution is 7.11. The highest BCUT2D eigenvalue weighted by Gasteiger charge is 2.46. The highest BCUT2D eigenvalue weighted by atomic mass is 32.1. The highest BCUT2D eigenvalue weighted by Crippen LogP contribution is 2.37. The molecular formula is C11H9F4N3S. The number of hydrogen-bond acceptors (Lipinski definition) is 4. The minimum Gasteiger partial charge on any atom is -0.318 e. The molecule has 0 saturated heterocycles. The lowest BCUT2D eigenvalue weighted by molar-refractivity contribution is -0.135. The second-order valence-corrected chi connectivity index (χ2v) is 4.77. The van der Waals surface area contributed by atoms with Crippen LogP contribution in [-0.2, 0) is 5.92 Å². The van der Waals surface area contributed by atoms with Gasteiger partial charge in [-0.15, -0.1) is 10.2 Å². The molecule has 2 aromatic rings. The fourth-order valence-corrected chi connectivity index (χ4v) is 2.24. The summed E-state index contributed by atoms with van der Waals surface area (Å²) < 4.78 is 50.5. The van der Waals surface area contributed by atoms with Crippen LogP contribution in [-0.4, -0.2) is 16.6 Å². The Hall–Kier alpha value is -1.54. The third kappa shape index (κ3) is 2.74. The summed E-state index contributed by atoms with van der Waals surface area (Å²) in [7, 11) is 0. The van der Waals surface area contributed by atoms with E-state index >= 15 is 0 Å². The third-order valence-corrected chi connectivity index (χ3v) is 3.52. The Morgan fingerprint density at radius 3 is 2.32 bits per heavy atom. The largest absolute Gasteiger partial charge is 0.359 e. The number of benzene rings is 1. The Bertz CT molecular complexity index is 544. The van der Waals surface area contributed by atoms with Crippen molar-refractivity contribution in [2.45, 2.75) is 18.4 Å². The van der Waals surface area contributed by atoms with Gasteiger partial charge in [-0.05, 0) is 5.56 Å². The molecule has 0 aliphatic rings. The summed E-state index contributed by atoms with van der Waals surface area (Å²) in [4.78, 5) is 0. The van der Waals surface area contributed by atoms with Gasteiger partial charge in [0.15, 0.2) is 5.01 Å². The van der Waals surface area contributed by atoms with Gasteiger partial charge in [-0.1, -0.05) is 41.7 Å². The number of rotatable bonds is 4. The summed E-state index contributed by atoms with van der Waals surface area (Å²) in [6.45, 7) is 0. The summed E-state index contributed by atoms with van der Waals surface area (Å²) in [5.74, 6) is -4.30. The number of aromatic nitrogens is 2. The second-order valence-electron chi connectivity index (χ2n) is 3.76. The smallest absolute Gasteiger partial charge is 0.318 e. The molecule has 0 fully saturated rings. The van der Waals surface area contributed by atoms with Crippen molar-refractivity contribution in [3.05, 3.63) is 45.9 Å². The van der Waals surface area contributed by atoms with E-state index in [9.17, 15) is 17.6 Å². The molecule has 1 heterocycles. The molecule has 0 bridgehead atoms. The molecule has 8 heteroatoms. The standard InChI is InChI=1S/C11H9F4N3S/c12-9(13)11(14,15)10-18-17-8(19-10)7(16)6-4-2-1-3-5-6/h1-5,7,9H,16H2. The van der Waals surface area contributed by atoms with Gasteiger partial charge in [0.05, 0.1) is 6.04 Å². The van der Waals surface area contributed by atoms with Crippen LogP contribution < -0.4 is 5.73 Å². The van der Waals surface area contributed by atoms with Gasteiger partial charge < -0.3 is 5.73 Å². The fourth-order valence-electron chi connectivity index (χ4n) is 1.39. The van der Waals surface area contributed by atoms with Crippen molar-refractivity contribution in [2.24, 2.45) is 5.73 Å². The molecule has 0 amide bonds. The quantitative estimate of drug-likeness (QED) is 0.881. The molecular weight excluding hydrogens is 282 g/mol. The van der Waals surface area contributed by atoms with Crippen LogP contribution in [0.3, 0.4) is 0 Å². The molecule has 102 valence electrons. The van der Waals surface area contributed by atoms with Crippen LogP contribution in [0.2, 0.25) is 0 Å². The summed E-state index contributed by atoms with van der Waals surface area (Å²) in [6.07, 6.45) is -3.82. The van der Waals surface area contributed by atoms with Crippen molar-refractivity contribution in [2.75, 3.05) is 0 Å². The van der Waals surface area contributed by atoms with Crippen LogP contribution in [0.4, 0.5) is 17.6 Å². The molecule has 2 rings (SSSR count). The molecule has 1 aromatic carbocycles. The van der Waals surface area contributed by atoms with Crippen molar-refractivity contribution >= 4 is 11.3 Å². The van der Waals surface area contributed by atoms with Crippen LogP contribution >= 0.6 is 11.3 Å². The van der Waals surface area contributed by atoms with Gasteiger partial charge in [-0.25, -0.2) is 8.78 Å². The van der Waals surface area contributed by atoms with Crippen LogP contribution in [0, 0.1) is 0 Å². The van der Waals surface area contributed by atoms with E-state index < -0.39 is 23.4 Å². The zero-order valence-corrected chi connectivity index (χ0v) is 10.2. The molecule has 0 spiro atoms. The van der Waals surface area contributed by atoms with Crippen molar-refractivity contribution in [1.29, 1.82) is 0 Å². The normalized spacial score (nSPS) is 13.8. The average Bonchev–Trinajstić information content (AvgIpc) is 2.89. The van der Waals surface area contributed by atoms with Crippen molar-refractivity contribution < 1.29 is 17.6 Å². The van der Waals surface area contributed by atoms with Gasteiger partial charge >= 0.3 is 12.3 Å². The van der Waals surface area contributed by atoms with Gasteiger partial charge in [0, 0.05) is 0 Å². The van der Waals surface area contributed by atoms with Crippen molar-refractivity contribution in [1.82, 2.24) is 10.2 Å². The lowest BCUT2D eigenvalue weighted by Crippen LogP contribution is -2.23. The first kappa shape index (κ1) is 13.9. The van der Waals surface area contributed by atoms with Crippen molar-refractivity contribution in [3.8, 4) is 0 Å². The minimum absolute atomic E-state index is 0.0709. The van der Waals surface area contributed by atoms with E-state index in [1.807, 2.05) is 0 Å². The van der Waals surface area contributed by atoms with Crippen molar-refractivity contribution in [3.63, 3.8) is 0 Å². The van der Waals surface area contributed by atoms with E-state index in [0.717, 1.165) is 0 Å². The maximum atomic E-state index is 13.1. The molecule has 0 radical (unpaired) electrons. The lowest BCUT2D eigenvalue weighted by Gasteiger charge is -2.10. The summed E-state index contributed by atoms with van der Waals surface area (Å²) >= 11 is 0.394. The summed E-state index contributed by atoms with van der Waals surface area (Å²) in [5.41, 5.74) is 6.47. The first-order valence-electron chi connectivity index (χ1n) is 5.23. The maximum absolute atomic E-state index is 13.1. The van der Waals surface area contributed by atoms with Crippen LogP contribution in [0.15, 0.2) is 30.3 Å². The number of alkyl halides is 4. The van der Waals surface area contributed by atoms with Crippen LogP contribution in [0.5, 0.6) is 0 Å². The van der Waals surface area contributed by atoms with E-state index in [0.29, 0.717) is 16.9 Å². The zero-order chi connectivity index (χ0) is 14.0. The van der Waals surface area contributed by atoms with Gasteiger partial charge in [-0.3, -0.25) is 0 Å². The molecule has 2 N–H and O–H groups in total. The average molecular weight is 291 g/mol. The monoisotopic (exact) mass is 291 g/mol. The number of nitrogens with zero attached hydrogens (tertiary/aromatic N) is 2. The summed E-state index contributed by atoms with van der Waals surface area (Å²) in [5, 5.41) is 5.63. The molecule has 19 heavy (non-hydrogen) atoms. The first-order chi connectivity index (χ1) is 8.93. The van der Waals surface area contributed by atoms with Gasteiger partial charge in [-0.2, -0.15) is 8.78 Å². The van der Waals surface area contributed by atoms with E-state index in [1.165, 1.54) is 0 Å². The Labute approximate surface area is 110 Å².